The molecule has 0 aliphatic heterocycles. The molecular weight excluding hydrogens is 264 g/mol. The maximum Gasteiger partial charge on any atom is 0.241 e. The molecule has 1 aliphatic carbocycles. The topological polar surface area (TPSA) is 68.5 Å². The predicted molar refractivity (Wildman–Crippen MR) is 72.3 cm³/mol. The first-order chi connectivity index (χ1) is 9.22. The van der Waals surface area contributed by atoms with E-state index in [1.807, 2.05) is 0 Å². The number of hydrogen-bond donors (Lipinski definition) is 1. The molecule has 1 aliphatic rings. The van der Waals surface area contributed by atoms with Crippen molar-refractivity contribution in [1.29, 1.82) is 0 Å². The van der Waals surface area contributed by atoms with Crippen LogP contribution in [0.4, 0.5) is 5.95 Å². The summed E-state index contributed by atoms with van der Waals surface area (Å²) in [6.45, 7) is 3.10. The number of hydrogen-bond acceptors (Lipinski definition) is 5. The van der Waals surface area contributed by atoms with Crippen LogP contribution in [0, 0.1) is 11.8 Å². The molecule has 100 valence electrons. The number of halogens is 1. The van der Waals surface area contributed by atoms with E-state index in [9.17, 15) is 0 Å². The van der Waals surface area contributed by atoms with E-state index in [1.54, 1.807) is 23.3 Å². The van der Waals surface area contributed by atoms with Gasteiger partial charge in [-0.2, -0.15) is 15.0 Å². The van der Waals surface area contributed by atoms with Gasteiger partial charge in [-0.05, 0) is 36.3 Å². The minimum Gasteiger partial charge on any atom is -0.354 e. The van der Waals surface area contributed by atoms with Crippen LogP contribution in [-0.4, -0.2) is 31.0 Å². The zero-order chi connectivity index (χ0) is 13.2. The number of anilines is 1. The summed E-state index contributed by atoms with van der Waals surface area (Å²) >= 11 is 5.92. The average Bonchev–Trinajstić information content (AvgIpc) is 3.10. The molecule has 6 nitrogen and oxygen atoms in total. The second kappa shape index (κ2) is 5.13. The van der Waals surface area contributed by atoms with E-state index in [0.29, 0.717) is 17.8 Å². The molecule has 2 heterocycles. The molecule has 1 saturated carbocycles. The van der Waals surface area contributed by atoms with Gasteiger partial charge in [0.05, 0.1) is 0 Å². The van der Waals surface area contributed by atoms with Crippen LogP contribution < -0.4 is 5.32 Å². The zero-order valence-electron chi connectivity index (χ0n) is 10.6. The van der Waals surface area contributed by atoms with Crippen molar-refractivity contribution in [2.45, 2.75) is 19.8 Å². The molecular formula is C12H15ClN6. The third kappa shape index (κ3) is 3.01. The highest BCUT2D eigenvalue weighted by Crippen LogP contribution is 2.36. The summed E-state index contributed by atoms with van der Waals surface area (Å²) in [5, 5.41) is 3.41. The molecule has 2 aromatic rings. The van der Waals surface area contributed by atoms with E-state index >= 15 is 0 Å². The summed E-state index contributed by atoms with van der Waals surface area (Å²) in [7, 11) is 0. The molecule has 1 atom stereocenters. The van der Waals surface area contributed by atoms with Crippen molar-refractivity contribution in [3.63, 3.8) is 0 Å². The molecule has 0 saturated heterocycles. The Kier molecular flexibility index (Phi) is 3.33. The Morgan fingerprint density at radius 1 is 1.42 bits per heavy atom. The molecule has 7 heteroatoms. The zero-order valence-corrected chi connectivity index (χ0v) is 11.4. The van der Waals surface area contributed by atoms with Crippen molar-refractivity contribution < 1.29 is 0 Å². The third-order valence-electron chi connectivity index (χ3n) is 3.34. The minimum atomic E-state index is 0.181. The van der Waals surface area contributed by atoms with Gasteiger partial charge in [0.1, 0.15) is 6.33 Å². The summed E-state index contributed by atoms with van der Waals surface area (Å²) in [5.74, 6) is 2.46. The van der Waals surface area contributed by atoms with Gasteiger partial charge in [-0.15, -0.1) is 0 Å². The Morgan fingerprint density at radius 3 is 2.95 bits per heavy atom. The highest BCUT2D eigenvalue weighted by atomic mass is 35.5. The monoisotopic (exact) mass is 278 g/mol. The highest BCUT2D eigenvalue weighted by molar-refractivity contribution is 6.28. The standard InChI is InChI=1S/C12H15ClN6/c1-8(9-2-3-9)6-15-11-16-10(13)17-12(18-11)19-5-4-14-7-19/h4-5,7-9H,2-3,6H2,1H3,(H,15,16,17,18). The summed E-state index contributed by atoms with van der Waals surface area (Å²) in [6, 6.07) is 0. The van der Waals surface area contributed by atoms with Crippen molar-refractivity contribution in [2.75, 3.05) is 11.9 Å². The van der Waals surface area contributed by atoms with Gasteiger partial charge >= 0.3 is 0 Å². The lowest BCUT2D eigenvalue weighted by atomic mass is 10.1. The van der Waals surface area contributed by atoms with Crippen molar-refractivity contribution >= 4 is 17.5 Å². The lowest BCUT2D eigenvalue weighted by molar-refractivity contribution is 0.535. The summed E-state index contributed by atoms with van der Waals surface area (Å²) in [4.78, 5) is 16.5. The molecule has 0 radical (unpaired) electrons. The van der Waals surface area contributed by atoms with Crippen molar-refractivity contribution in [3.8, 4) is 5.95 Å². The Balaban J connectivity index is 1.74. The van der Waals surface area contributed by atoms with Gasteiger partial charge in [-0.25, -0.2) is 4.98 Å². The van der Waals surface area contributed by atoms with Gasteiger partial charge in [0.25, 0.3) is 0 Å². The maximum absolute atomic E-state index is 5.92. The van der Waals surface area contributed by atoms with Crippen molar-refractivity contribution in [3.05, 3.63) is 24.0 Å². The SMILES string of the molecule is CC(CNc1nc(Cl)nc(-n2ccnc2)n1)C1CC1. The number of nitrogens with one attached hydrogen (secondary N) is 1. The van der Waals surface area contributed by atoms with Gasteiger partial charge in [-0.3, -0.25) is 4.57 Å². The highest BCUT2D eigenvalue weighted by Gasteiger charge is 2.27. The fraction of sp³-hybridized carbons (Fsp3) is 0.500. The summed E-state index contributed by atoms with van der Waals surface area (Å²) < 4.78 is 1.70. The third-order valence-corrected chi connectivity index (χ3v) is 3.51. The smallest absolute Gasteiger partial charge is 0.241 e. The second-order valence-electron chi connectivity index (χ2n) is 4.89. The van der Waals surface area contributed by atoms with Crippen LogP contribution in [0.25, 0.3) is 5.95 Å². The molecule has 0 aromatic carbocycles. The van der Waals surface area contributed by atoms with Crippen LogP contribution in [0.3, 0.4) is 0 Å². The number of nitrogens with zero attached hydrogens (tertiary/aromatic N) is 5. The Morgan fingerprint density at radius 2 is 2.26 bits per heavy atom. The quantitative estimate of drug-likeness (QED) is 0.908. The van der Waals surface area contributed by atoms with Gasteiger partial charge in [0, 0.05) is 18.9 Å². The molecule has 2 aromatic heterocycles. The van der Waals surface area contributed by atoms with Gasteiger partial charge < -0.3 is 5.32 Å². The molecule has 0 bridgehead atoms. The van der Waals surface area contributed by atoms with Crippen LogP contribution >= 0.6 is 11.6 Å². The van der Waals surface area contributed by atoms with Crippen LogP contribution in [0.2, 0.25) is 5.28 Å². The van der Waals surface area contributed by atoms with E-state index in [4.69, 9.17) is 11.6 Å². The lowest BCUT2D eigenvalue weighted by Gasteiger charge is -2.11. The second-order valence-corrected chi connectivity index (χ2v) is 5.23. The number of rotatable bonds is 5. The van der Waals surface area contributed by atoms with Gasteiger partial charge in [0.2, 0.25) is 17.2 Å². The van der Waals surface area contributed by atoms with Gasteiger partial charge in [0.15, 0.2) is 0 Å². The largest absolute Gasteiger partial charge is 0.354 e. The lowest BCUT2D eigenvalue weighted by Crippen LogP contribution is -2.16. The maximum atomic E-state index is 5.92. The average molecular weight is 279 g/mol. The van der Waals surface area contributed by atoms with Crippen molar-refractivity contribution in [1.82, 2.24) is 24.5 Å². The summed E-state index contributed by atoms with van der Waals surface area (Å²) in [5.41, 5.74) is 0. The molecule has 19 heavy (non-hydrogen) atoms. The van der Waals surface area contributed by atoms with Crippen LogP contribution in [-0.2, 0) is 0 Å². The first-order valence-electron chi connectivity index (χ1n) is 6.36. The Bertz CT molecular complexity index is 551. The van der Waals surface area contributed by atoms with E-state index in [1.165, 1.54) is 12.8 Å². The molecule has 1 N–H and O–H groups in total. The Hall–Kier alpha value is -1.69. The van der Waals surface area contributed by atoms with E-state index < -0.39 is 0 Å². The van der Waals surface area contributed by atoms with Crippen molar-refractivity contribution in [2.24, 2.45) is 11.8 Å². The minimum absolute atomic E-state index is 0.181. The fourth-order valence-electron chi connectivity index (χ4n) is 2.00. The molecule has 0 amide bonds. The van der Waals surface area contributed by atoms with E-state index in [0.717, 1.165) is 12.5 Å². The Labute approximate surface area is 116 Å². The van der Waals surface area contributed by atoms with E-state index in [-0.39, 0.29) is 5.28 Å². The van der Waals surface area contributed by atoms with Gasteiger partial charge in [-0.1, -0.05) is 6.92 Å². The van der Waals surface area contributed by atoms with Crippen LogP contribution in [0.15, 0.2) is 18.7 Å². The van der Waals surface area contributed by atoms with Crippen LogP contribution in [0.1, 0.15) is 19.8 Å². The number of imidazole rings is 1. The molecule has 0 spiro atoms. The first-order valence-corrected chi connectivity index (χ1v) is 6.74. The molecule has 3 rings (SSSR count). The fourth-order valence-corrected chi connectivity index (χ4v) is 2.15. The first kappa shape index (κ1) is 12.3. The molecule has 1 unspecified atom stereocenters. The van der Waals surface area contributed by atoms with E-state index in [2.05, 4.69) is 32.2 Å². The molecule has 1 fully saturated rings. The predicted octanol–water partition coefficient (Wildman–Crippen LogP) is 2.17. The summed E-state index contributed by atoms with van der Waals surface area (Å²) in [6.07, 6.45) is 7.73. The normalized spacial score (nSPS) is 16.3. The van der Waals surface area contributed by atoms with Crippen LogP contribution in [0.5, 0.6) is 0 Å². The number of aromatic nitrogens is 5.